The Hall–Kier alpha value is -0.710. The summed E-state index contributed by atoms with van der Waals surface area (Å²) in [6.45, 7) is 3.50. The van der Waals surface area contributed by atoms with Crippen LogP contribution < -0.4 is 4.72 Å². The summed E-state index contributed by atoms with van der Waals surface area (Å²) in [6, 6.07) is -0.798. The number of hydrogen-bond donors (Lipinski definition) is 1. The number of aromatic nitrogens is 2. The number of alkyl halides is 1. The first-order valence-electron chi connectivity index (χ1n) is 6.16. The maximum Gasteiger partial charge on any atom is 0.335 e. The summed E-state index contributed by atoms with van der Waals surface area (Å²) in [7, 11) is -7.21. The van der Waals surface area contributed by atoms with Gasteiger partial charge in [0, 0.05) is 12.1 Å². The molecule has 0 saturated carbocycles. The second-order valence-corrected chi connectivity index (χ2v) is 9.02. The molecular formula is C10H18ClN3O5S2. The summed E-state index contributed by atoms with van der Waals surface area (Å²) < 4.78 is 53.9. The lowest BCUT2D eigenvalue weighted by molar-refractivity contribution is 0.327. The van der Waals surface area contributed by atoms with Crippen molar-refractivity contribution in [1.82, 2.24) is 14.9 Å². The second-order valence-electron chi connectivity index (χ2n) is 4.88. The van der Waals surface area contributed by atoms with Crippen LogP contribution >= 0.6 is 11.6 Å². The number of nitrogens with zero attached hydrogens (tertiary/aromatic N) is 2. The number of rotatable bonds is 8. The molecule has 0 fully saturated rings. The topological polar surface area (TPSA) is 119 Å². The Labute approximate surface area is 129 Å². The highest BCUT2D eigenvalue weighted by Gasteiger charge is 2.28. The highest BCUT2D eigenvalue weighted by Crippen LogP contribution is 2.22. The van der Waals surface area contributed by atoms with Gasteiger partial charge in [-0.25, -0.2) is 21.6 Å². The Balaban J connectivity index is 3.01. The van der Waals surface area contributed by atoms with Gasteiger partial charge in [-0.05, 0) is 12.3 Å². The first-order chi connectivity index (χ1) is 9.57. The molecule has 1 N–H and O–H groups in total. The molecule has 1 aromatic rings. The summed E-state index contributed by atoms with van der Waals surface area (Å²) in [5.74, 6) is -0.192. The Bertz CT molecular complexity index is 669. The summed E-state index contributed by atoms with van der Waals surface area (Å²) in [6.07, 6.45) is 1.24. The van der Waals surface area contributed by atoms with E-state index in [-0.39, 0.29) is 23.4 Å². The molecule has 122 valence electrons. The molecular weight excluding hydrogens is 342 g/mol. The van der Waals surface area contributed by atoms with Crippen molar-refractivity contribution in [3.8, 4) is 0 Å². The fourth-order valence-corrected chi connectivity index (χ4v) is 3.58. The van der Waals surface area contributed by atoms with Crippen LogP contribution in [-0.4, -0.2) is 44.9 Å². The molecule has 1 rings (SSSR count). The van der Waals surface area contributed by atoms with Crippen LogP contribution in [-0.2, 0) is 19.9 Å². The van der Waals surface area contributed by atoms with Gasteiger partial charge in [0.15, 0.2) is 0 Å². The number of sulfonamides is 1. The average molecular weight is 360 g/mol. The molecule has 0 aromatic carbocycles. The van der Waals surface area contributed by atoms with E-state index < -0.39 is 31.1 Å². The molecule has 0 unspecified atom stereocenters. The third kappa shape index (κ3) is 5.53. The van der Waals surface area contributed by atoms with E-state index >= 15 is 0 Å². The zero-order valence-corrected chi connectivity index (χ0v) is 14.3. The highest BCUT2D eigenvalue weighted by molar-refractivity contribution is 7.90. The minimum absolute atomic E-state index is 0.0835. The highest BCUT2D eigenvalue weighted by atomic mass is 35.5. The van der Waals surface area contributed by atoms with Crippen LogP contribution in [0.1, 0.15) is 32.2 Å². The van der Waals surface area contributed by atoms with Crippen molar-refractivity contribution in [2.75, 3.05) is 17.9 Å². The van der Waals surface area contributed by atoms with Gasteiger partial charge in [0.25, 0.3) is 0 Å². The van der Waals surface area contributed by atoms with E-state index in [0.29, 0.717) is 6.42 Å². The largest absolute Gasteiger partial charge is 0.411 e. The molecule has 0 amide bonds. The van der Waals surface area contributed by atoms with Gasteiger partial charge >= 0.3 is 5.22 Å². The van der Waals surface area contributed by atoms with Crippen LogP contribution in [0.2, 0.25) is 0 Å². The first kappa shape index (κ1) is 18.3. The molecule has 0 aliphatic carbocycles. The van der Waals surface area contributed by atoms with Crippen LogP contribution in [0.5, 0.6) is 0 Å². The van der Waals surface area contributed by atoms with Crippen molar-refractivity contribution < 1.29 is 21.3 Å². The molecule has 1 atom stereocenters. The van der Waals surface area contributed by atoms with Crippen LogP contribution in [0.15, 0.2) is 9.64 Å². The summed E-state index contributed by atoms with van der Waals surface area (Å²) in [5, 5.41) is 6.50. The number of sulfone groups is 1. The minimum atomic E-state index is -3.63. The van der Waals surface area contributed by atoms with Crippen molar-refractivity contribution in [3.63, 3.8) is 0 Å². The number of nitrogens with one attached hydrogen (secondary N) is 1. The van der Waals surface area contributed by atoms with E-state index in [4.69, 9.17) is 16.0 Å². The third-order valence-electron chi connectivity index (χ3n) is 2.53. The van der Waals surface area contributed by atoms with Crippen LogP contribution in [0.25, 0.3) is 0 Å². The van der Waals surface area contributed by atoms with Crippen molar-refractivity contribution in [2.24, 2.45) is 5.92 Å². The molecule has 0 radical (unpaired) electrons. The van der Waals surface area contributed by atoms with E-state index in [1.165, 1.54) is 0 Å². The smallest absolute Gasteiger partial charge is 0.335 e. The fourth-order valence-electron chi connectivity index (χ4n) is 1.46. The van der Waals surface area contributed by atoms with Gasteiger partial charge in [-0.1, -0.05) is 18.9 Å². The number of halogens is 1. The van der Waals surface area contributed by atoms with Crippen LogP contribution in [0, 0.1) is 5.92 Å². The SMILES string of the molecule is CC(C)[C@H](NS(=O)(=O)CCCCl)c1nnc(S(C)(=O)=O)o1. The van der Waals surface area contributed by atoms with Crippen molar-refractivity contribution in [1.29, 1.82) is 0 Å². The quantitative estimate of drug-likeness (QED) is 0.679. The molecule has 1 heterocycles. The van der Waals surface area contributed by atoms with E-state index in [1.54, 1.807) is 13.8 Å². The van der Waals surface area contributed by atoms with Gasteiger partial charge < -0.3 is 4.42 Å². The lowest BCUT2D eigenvalue weighted by Crippen LogP contribution is -2.33. The number of hydrogen-bond acceptors (Lipinski definition) is 7. The molecule has 11 heteroatoms. The second kappa shape index (κ2) is 7.03. The molecule has 0 aliphatic rings. The molecule has 0 bridgehead atoms. The maximum absolute atomic E-state index is 11.9. The fraction of sp³-hybridized carbons (Fsp3) is 0.800. The Morgan fingerprint density at radius 1 is 1.24 bits per heavy atom. The first-order valence-corrected chi connectivity index (χ1v) is 10.2. The summed E-state index contributed by atoms with van der Waals surface area (Å²) in [4.78, 5) is 0. The van der Waals surface area contributed by atoms with Gasteiger partial charge in [-0.15, -0.1) is 16.7 Å². The Morgan fingerprint density at radius 3 is 2.29 bits per heavy atom. The summed E-state index contributed by atoms with van der Waals surface area (Å²) >= 11 is 5.48. The van der Waals surface area contributed by atoms with Crippen LogP contribution in [0.3, 0.4) is 0 Å². The van der Waals surface area contributed by atoms with Crippen molar-refractivity contribution in [2.45, 2.75) is 31.5 Å². The Kier molecular flexibility index (Phi) is 6.14. The zero-order chi connectivity index (χ0) is 16.3. The third-order valence-corrected chi connectivity index (χ3v) is 5.03. The maximum atomic E-state index is 11.9. The molecule has 0 saturated heterocycles. The van der Waals surface area contributed by atoms with Gasteiger partial charge in [-0.3, -0.25) is 0 Å². The normalized spacial score (nSPS) is 14.5. The molecule has 0 spiro atoms. The van der Waals surface area contributed by atoms with E-state index in [2.05, 4.69) is 14.9 Å². The van der Waals surface area contributed by atoms with Gasteiger partial charge in [0.2, 0.25) is 25.8 Å². The standard InChI is InChI=1S/C10H18ClN3O5S2/c1-7(2)8(14-21(17,18)6-4-5-11)9-12-13-10(19-9)20(3,15)16/h7-8,14H,4-6H2,1-3H3/t8-/m0/s1. The lowest BCUT2D eigenvalue weighted by Gasteiger charge is -2.18. The van der Waals surface area contributed by atoms with Crippen LogP contribution in [0.4, 0.5) is 0 Å². The van der Waals surface area contributed by atoms with E-state index in [1.807, 2.05) is 0 Å². The van der Waals surface area contributed by atoms with Gasteiger partial charge in [0.1, 0.15) is 6.04 Å². The predicted octanol–water partition coefficient (Wildman–Crippen LogP) is 0.719. The minimum Gasteiger partial charge on any atom is -0.411 e. The van der Waals surface area contributed by atoms with Crippen molar-refractivity contribution >= 4 is 31.5 Å². The predicted molar refractivity (Wildman–Crippen MR) is 77.2 cm³/mol. The average Bonchev–Trinajstić information content (AvgIpc) is 2.82. The summed E-state index contributed by atoms with van der Waals surface area (Å²) in [5.41, 5.74) is 0. The molecule has 21 heavy (non-hydrogen) atoms. The van der Waals surface area contributed by atoms with Gasteiger partial charge in [-0.2, -0.15) is 0 Å². The molecule has 1 aromatic heterocycles. The zero-order valence-electron chi connectivity index (χ0n) is 11.9. The Morgan fingerprint density at radius 2 is 1.86 bits per heavy atom. The van der Waals surface area contributed by atoms with Gasteiger partial charge in [0.05, 0.1) is 5.75 Å². The van der Waals surface area contributed by atoms with E-state index in [0.717, 1.165) is 6.26 Å². The lowest BCUT2D eigenvalue weighted by atomic mass is 10.1. The monoisotopic (exact) mass is 359 g/mol. The van der Waals surface area contributed by atoms with E-state index in [9.17, 15) is 16.8 Å². The molecule has 8 nitrogen and oxygen atoms in total. The molecule has 0 aliphatic heterocycles. The van der Waals surface area contributed by atoms with Crippen molar-refractivity contribution in [3.05, 3.63) is 5.89 Å².